The van der Waals surface area contributed by atoms with Gasteiger partial charge in [-0.25, -0.2) is 4.68 Å². The first-order valence-electron chi connectivity index (χ1n) is 5.41. The van der Waals surface area contributed by atoms with E-state index in [2.05, 4.69) is 10.4 Å². The van der Waals surface area contributed by atoms with E-state index in [0.717, 1.165) is 4.68 Å². The SMILES string of the molecule is CC(C)C(CO)NC(=O)c1ccc(=O)n(C)n1. The van der Waals surface area contributed by atoms with Gasteiger partial charge in [-0.2, -0.15) is 5.10 Å². The summed E-state index contributed by atoms with van der Waals surface area (Å²) in [7, 11) is 1.48. The molecular weight excluding hydrogens is 222 g/mol. The fraction of sp³-hybridized carbons (Fsp3) is 0.545. The highest BCUT2D eigenvalue weighted by atomic mass is 16.3. The molecule has 0 aromatic carbocycles. The molecule has 0 aliphatic rings. The van der Waals surface area contributed by atoms with Crippen LogP contribution in [-0.4, -0.2) is 33.4 Å². The van der Waals surface area contributed by atoms with E-state index in [9.17, 15) is 9.59 Å². The Morgan fingerprint density at radius 2 is 2.18 bits per heavy atom. The summed E-state index contributed by atoms with van der Waals surface area (Å²) in [5, 5.41) is 15.6. The Hall–Kier alpha value is -1.69. The monoisotopic (exact) mass is 239 g/mol. The molecule has 0 saturated heterocycles. The third-order valence-electron chi connectivity index (χ3n) is 2.51. The summed E-state index contributed by atoms with van der Waals surface area (Å²) >= 11 is 0. The van der Waals surface area contributed by atoms with E-state index in [1.807, 2.05) is 13.8 Å². The van der Waals surface area contributed by atoms with E-state index in [1.54, 1.807) is 0 Å². The predicted molar refractivity (Wildman–Crippen MR) is 62.7 cm³/mol. The van der Waals surface area contributed by atoms with Crippen LogP contribution in [0, 0.1) is 5.92 Å². The van der Waals surface area contributed by atoms with E-state index in [0.29, 0.717) is 0 Å². The Balaban J connectivity index is 2.82. The first-order chi connectivity index (χ1) is 7.95. The summed E-state index contributed by atoms with van der Waals surface area (Å²) in [5.41, 5.74) is -0.115. The van der Waals surface area contributed by atoms with Crippen molar-refractivity contribution in [2.75, 3.05) is 6.61 Å². The molecule has 0 radical (unpaired) electrons. The number of nitrogens with one attached hydrogen (secondary N) is 1. The molecule has 1 rings (SSSR count). The fourth-order valence-electron chi connectivity index (χ4n) is 1.29. The van der Waals surface area contributed by atoms with Gasteiger partial charge in [-0.1, -0.05) is 13.8 Å². The number of amides is 1. The predicted octanol–water partition coefficient (Wildman–Crippen LogP) is -0.473. The Morgan fingerprint density at radius 3 is 2.65 bits per heavy atom. The van der Waals surface area contributed by atoms with Crippen LogP contribution in [0.15, 0.2) is 16.9 Å². The zero-order valence-corrected chi connectivity index (χ0v) is 10.2. The standard InChI is InChI=1S/C11H17N3O3/c1-7(2)9(6-15)12-11(17)8-4-5-10(16)14(3)13-8/h4-5,7,9,15H,6H2,1-3H3,(H,12,17). The molecule has 0 spiro atoms. The summed E-state index contributed by atoms with van der Waals surface area (Å²) < 4.78 is 1.10. The van der Waals surface area contributed by atoms with E-state index in [-0.39, 0.29) is 29.8 Å². The zero-order chi connectivity index (χ0) is 13.0. The number of nitrogens with zero attached hydrogens (tertiary/aromatic N) is 2. The van der Waals surface area contributed by atoms with E-state index < -0.39 is 5.91 Å². The molecule has 0 aliphatic heterocycles. The van der Waals surface area contributed by atoms with Crippen molar-refractivity contribution >= 4 is 5.91 Å². The average Bonchev–Trinajstić information content (AvgIpc) is 2.28. The molecule has 1 aromatic rings. The van der Waals surface area contributed by atoms with Crippen LogP contribution in [-0.2, 0) is 7.05 Å². The van der Waals surface area contributed by atoms with Gasteiger partial charge < -0.3 is 10.4 Å². The van der Waals surface area contributed by atoms with Gasteiger partial charge in [-0.15, -0.1) is 0 Å². The highest BCUT2D eigenvalue weighted by Gasteiger charge is 2.17. The molecule has 1 aromatic heterocycles. The van der Waals surface area contributed by atoms with Gasteiger partial charge in [0.25, 0.3) is 11.5 Å². The lowest BCUT2D eigenvalue weighted by Crippen LogP contribution is -2.42. The van der Waals surface area contributed by atoms with Gasteiger partial charge in [-0.3, -0.25) is 9.59 Å². The highest BCUT2D eigenvalue weighted by molar-refractivity contribution is 5.92. The smallest absolute Gasteiger partial charge is 0.272 e. The molecule has 1 atom stereocenters. The maximum atomic E-state index is 11.8. The van der Waals surface area contributed by atoms with Crippen molar-refractivity contribution in [1.29, 1.82) is 0 Å². The van der Waals surface area contributed by atoms with E-state index >= 15 is 0 Å². The number of rotatable bonds is 4. The second kappa shape index (κ2) is 5.58. The summed E-state index contributed by atoms with van der Waals surface area (Å²) in [6.07, 6.45) is 0. The number of aliphatic hydroxyl groups is 1. The lowest BCUT2D eigenvalue weighted by Gasteiger charge is -2.19. The Morgan fingerprint density at radius 1 is 1.53 bits per heavy atom. The van der Waals surface area contributed by atoms with Crippen LogP contribution in [0.4, 0.5) is 0 Å². The Bertz CT molecular complexity index is 454. The lowest BCUT2D eigenvalue weighted by atomic mass is 10.1. The Kier molecular flexibility index (Phi) is 4.39. The number of hydrogen-bond donors (Lipinski definition) is 2. The van der Waals surface area contributed by atoms with Gasteiger partial charge in [0.1, 0.15) is 5.69 Å². The summed E-state index contributed by atoms with van der Waals surface area (Å²) in [4.78, 5) is 22.9. The molecule has 6 heteroatoms. The van der Waals surface area contributed by atoms with Crippen LogP contribution in [0.5, 0.6) is 0 Å². The second-order valence-electron chi connectivity index (χ2n) is 4.19. The lowest BCUT2D eigenvalue weighted by molar-refractivity contribution is 0.0889. The average molecular weight is 239 g/mol. The molecule has 0 bridgehead atoms. The van der Waals surface area contributed by atoms with Gasteiger partial charge >= 0.3 is 0 Å². The second-order valence-corrected chi connectivity index (χ2v) is 4.19. The fourth-order valence-corrected chi connectivity index (χ4v) is 1.29. The van der Waals surface area contributed by atoms with Crippen LogP contribution in [0.1, 0.15) is 24.3 Å². The third-order valence-corrected chi connectivity index (χ3v) is 2.51. The van der Waals surface area contributed by atoms with Crippen molar-refractivity contribution in [3.63, 3.8) is 0 Å². The summed E-state index contributed by atoms with van der Waals surface area (Å²) in [6.45, 7) is 3.67. The highest BCUT2D eigenvalue weighted by Crippen LogP contribution is 2.01. The first-order valence-corrected chi connectivity index (χ1v) is 5.41. The molecule has 0 fully saturated rings. The zero-order valence-electron chi connectivity index (χ0n) is 10.2. The van der Waals surface area contributed by atoms with Crippen molar-refractivity contribution in [1.82, 2.24) is 15.1 Å². The van der Waals surface area contributed by atoms with Gasteiger partial charge in [-0.05, 0) is 12.0 Å². The van der Waals surface area contributed by atoms with Gasteiger partial charge in [0, 0.05) is 13.1 Å². The molecule has 6 nitrogen and oxygen atoms in total. The minimum absolute atomic E-state index is 0.122. The van der Waals surface area contributed by atoms with Crippen LogP contribution < -0.4 is 10.9 Å². The molecule has 17 heavy (non-hydrogen) atoms. The molecule has 1 unspecified atom stereocenters. The van der Waals surface area contributed by atoms with Crippen LogP contribution in [0.2, 0.25) is 0 Å². The summed E-state index contributed by atoms with van der Waals surface area (Å²) in [6, 6.07) is 2.33. The quantitative estimate of drug-likeness (QED) is 0.743. The maximum absolute atomic E-state index is 11.8. The number of aryl methyl sites for hydroxylation is 1. The number of carbonyl (C=O) groups excluding carboxylic acids is 1. The van der Waals surface area contributed by atoms with Crippen molar-refractivity contribution in [2.45, 2.75) is 19.9 Å². The molecule has 0 aliphatic carbocycles. The van der Waals surface area contributed by atoms with Gasteiger partial charge in [0.05, 0.1) is 12.6 Å². The van der Waals surface area contributed by atoms with Gasteiger partial charge in [0.15, 0.2) is 0 Å². The maximum Gasteiger partial charge on any atom is 0.272 e. The minimum atomic E-state index is -0.395. The number of carbonyl (C=O) groups is 1. The van der Waals surface area contributed by atoms with Crippen molar-refractivity contribution in [3.8, 4) is 0 Å². The van der Waals surface area contributed by atoms with Crippen LogP contribution in [0.3, 0.4) is 0 Å². The van der Waals surface area contributed by atoms with Crippen molar-refractivity contribution in [3.05, 3.63) is 28.2 Å². The number of aromatic nitrogens is 2. The number of hydrogen-bond acceptors (Lipinski definition) is 4. The molecule has 0 saturated carbocycles. The molecule has 94 valence electrons. The molecule has 2 N–H and O–H groups in total. The number of aliphatic hydroxyl groups excluding tert-OH is 1. The van der Waals surface area contributed by atoms with Crippen LogP contribution >= 0.6 is 0 Å². The van der Waals surface area contributed by atoms with Crippen molar-refractivity contribution < 1.29 is 9.90 Å². The normalized spacial score (nSPS) is 12.5. The first kappa shape index (κ1) is 13.4. The minimum Gasteiger partial charge on any atom is -0.394 e. The summed E-state index contributed by atoms with van der Waals surface area (Å²) in [5.74, 6) is -0.273. The Labute approximate surface area is 99.3 Å². The van der Waals surface area contributed by atoms with Gasteiger partial charge in [0.2, 0.25) is 0 Å². The molecule has 1 amide bonds. The topological polar surface area (TPSA) is 84.2 Å². The third kappa shape index (κ3) is 3.39. The van der Waals surface area contributed by atoms with E-state index in [1.165, 1.54) is 19.2 Å². The van der Waals surface area contributed by atoms with Crippen molar-refractivity contribution in [2.24, 2.45) is 13.0 Å². The van der Waals surface area contributed by atoms with E-state index in [4.69, 9.17) is 5.11 Å². The molecular formula is C11H17N3O3. The largest absolute Gasteiger partial charge is 0.394 e. The van der Waals surface area contributed by atoms with Crippen LogP contribution in [0.25, 0.3) is 0 Å². The molecule has 1 heterocycles.